The van der Waals surface area contributed by atoms with E-state index in [0.717, 1.165) is 11.1 Å². The molecule has 7 nitrogen and oxygen atoms in total. The molecule has 0 amide bonds. The number of ether oxygens (including phenoxy) is 1. The van der Waals surface area contributed by atoms with Gasteiger partial charge < -0.3 is 14.6 Å². The van der Waals surface area contributed by atoms with Gasteiger partial charge in [0, 0.05) is 38.1 Å². The third-order valence-corrected chi connectivity index (χ3v) is 5.96. The quantitative estimate of drug-likeness (QED) is 0.306. The number of pyridine rings is 1. The molecule has 0 fully saturated rings. The van der Waals surface area contributed by atoms with E-state index < -0.39 is 0 Å². The second-order valence-electron chi connectivity index (χ2n) is 8.47. The minimum Gasteiger partial charge on any atom is -0.382 e. The van der Waals surface area contributed by atoms with Crippen LogP contribution in [0.4, 0.5) is 4.39 Å². The molecule has 0 radical (unpaired) electrons. The SMILES string of the molecule is CCOCCCn1c(CNCCc2cccc(F)c2)c2c(=O)n(Cc3ccccc3)[nH]c2cc1=O. The van der Waals surface area contributed by atoms with Crippen molar-refractivity contribution >= 4 is 10.9 Å². The number of hydrogen-bond donors (Lipinski definition) is 2. The lowest BCUT2D eigenvalue weighted by atomic mass is 10.1. The zero-order valence-corrected chi connectivity index (χ0v) is 19.9. The molecule has 4 rings (SSSR count). The van der Waals surface area contributed by atoms with Crippen molar-refractivity contribution in [1.29, 1.82) is 0 Å². The third kappa shape index (κ3) is 6.15. The lowest BCUT2D eigenvalue weighted by Crippen LogP contribution is -2.29. The Kier molecular flexibility index (Phi) is 8.28. The third-order valence-electron chi connectivity index (χ3n) is 5.96. The highest BCUT2D eigenvalue weighted by atomic mass is 19.1. The number of aromatic nitrogens is 3. The average Bonchev–Trinajstić information content (AvgIpc) is 3.15. The van der Waals surface area contributed by atoms with Crippen LogP contribution in [-0.4, -0.2) is 34.1 Å². The summed E-state index contributed by atoms with van der Waals surface area (Å²) in [5.41, 5.74) is 2.73. The minimum absolute atomic E-state index is 0.163. The topological polar surface area (TPSA) is 81.0 Å². The molecule has 2 aromatic heterocycles. The number of halogens is 1. The molecular weight excluding hydrogens is 447 g/mol. The molecular formula is C27H31FN4O3. The van der Waals surface area contributed by atoms with Crippen LogP contribution < -0.4 is 16.4 Å². The van der Waals surface area contributed by atoms with Crippen LogP contribution in [0.2, 0.25) is 0 Å². The zero-order chi connectivity index (χ0) is 24.6. The molecule has 0 aliphatic heterocycles. The molecule has 0 saturated heterocycles. The van der Waals surface area contributed by atoms with Crippen molar-refractivity contribution in [3.63, 3.8) is 0 Å². The molecule has 0 unspecified atom stereocenters. The smallest absolute Gasteiger partial charge is 0.276 e. The van der Waals surface area contributed by atoms with Crippen molar-refractivity contribution in [3.05, 3.63) is 104 Å². The summed E-state index contributed by atoms with van der Waals surface area (Å²) in [6.45, 7) is 4.85. The van der Waals surface area contributed by atoms with E-state index in [4.69, 9.17) is 4.74 Å². The molecule has 184 valence electrons. The Morgan fingerprint density at radius 1 is 1.03 bits per heavy atom. The highest BCUT2D eigenvalue weighted by molar-refractivity contribution is 5.80. The maximum absolute atomic E-state index is 13.5. The van der Waals surface area contributed by atoms with Crippen molar-refractivity contribution in [3.8, 4) is 0 Å². The molecule has 2 aromatic carbocycles. The van der Waals surface area contributed by atoms with E-state index >= 15 is 0 Å². The summed E-state index contributed by atoms with van der Waals surface area (Å²) in [6.07, 6.45) is 1.30. The number of rotatable bonds is 12. The van der Waals surface area contributed by atoms with Gasteiger partial charge in [0.15, 0.2) is 0 Å². The second kappa shape index (κ2) is 11.8. The first-order valence-corrected chi connectivity index (χ1v) is 12.0. The molecule has 0 aliphatic carbocycles. The van der Waals surface area contributed by atoms with E-state index in [1.165, 1.54) is 18.2 Å². The number of nitrogens with one attached hydrogen (secondary N) is 2. The number of hydrogen-bond acceptors (Lipinski definition) is 4. The highest BCUT2D eigenvalue weighted by Crippen LogP contribution is 2.14. The zero-order valence-electron chi connectivity index (χ0n) is 19.9. The fraction of sp³-hybridized carbons (Fsp3) is 0.333. The summed E-state index contributed by atoms with van der Waals surface area (Å²) in [4.78, 5) is 26.4. The van der Waals surface area contributed by atoms with Gasteiger partial charge in [0.2, 0.25) is 0 Å². The maximum Gasteiger partial charge on any atom is 0.276 e. The maximum atomic E-state index is 13.5. The van der Waals surface area contributed by atoms with Gasteiger partial charge in [0.05, 0.1) is 17.4 Å². The molecule has 0 bridgehead atoms. The molecule has 0 atom stereocenters. The van der Waals surface area contributed by atoms with Gasteiger partial charge in [0.25, 0.3) is 11.1 Å². The van der Waals surface area contributed by atoms with Gasteiger partial charge in [-0.2, -0.15) is 0 Å². The molecule has 0 aliphatic rings. The normalized spacial score (nSPS) is 11.4. The highest BCUT2D eigenvalue weighted by Gasteiger charge is 2.17. The molecule has 0 saturated carbocycles. The Bertz CT molecular complexity index is 1370. The fourth-order valence-electron chi connectivity index (χ4n) is 4.26. The van der Waals surface area contributed by atoms with E-state index in [2.05, 4.69) is 10.4 Å². The van der Waals surface area contributed by atoms with Gasteiger partial charge in [0.1, 0.15) is 5.82 Å². The number of nitrogens with zero attached hydrogens (tertiary/aromatic N) is 2. The van der Waals surface area contributed by atoms with Crippen LogP contribution in [0.15, 0.2) is 70.3 Å². The van der Waals surface area contributed by atoms with Gasteiger partial charge >= 0.3 is 0 Å². The van der Waals surface area contributed by atoms with Crippen LogP contribution >= 0.6 is 0 Å². The van der Waals surface area contributed by atoms with Crippen LogP contribution in [0.1, 0.15) is 30.2 Å². The van der Waals surface area contributed by atoms with E-state index in [1.54, 1.807) is 15.3 Å². The molecule has 2 heterocycles. The molecule has 4 aromatic rings. The fourth-order valence-corrected chi connectivity index (χ4v) is 4.26. The van der Waals surface area contributed by atoms with Crippen molar-refractivity contribution in [1.82, 2.24) is 19.7 Å². The monoisotopic (exact) mass is 478 g/mol. The van der Waals surface area contributed by atoms with Crippen LogP contribution in [0, 0.1) is 5.82 Å². The molecule has 0 spiro atoms. The van der Waals surface area contributed by atoms with Gasteiger partial charge in [-0.25, -0.2) is 9.07 Å². The van der Waals surface area contributed by atoms with Gasteiger partial charge in [-0.05, 0) is 49.6 Å². The lowest BCUT2D eigenvalue weighted by molar-refractivity contribution is 0.141. The van der Waals surface area contributed by atoms with Crippen LogP contribution in [0.5, 0.6) is 0 Å². The summed E-state index contributed by atoms with van der Waals surface area (Å²) < 4.78 is 22.1. The van der Waals surface area contributed by atoms with E-state index in [0.29, 0.717) is 68.8 Å². The summed E-state index contributed by atoms with van der Waals surface area (Å²) in [5, 5.41) is 6.97. The first-order valence-electron chi connectivity index (χ1n) is 12.0. The van der Waals surface area contributed by atoms with Gasteiger partial charge in [-0.1, -0.05) is 42.5 Å². The first-order chi connectivity index (χ1) is 17.1. The summed E-state index contributed by atoms with van der Waals surface area (Å²) >= 11 is 0. The summed E-state index contributed by atoms with van der Waals surface area (Å²) in [5.74, 6) is -0.262. The number of H-pyrrole nitrogens is 1. The van der Waals surface area contributed by atoms with Crippen molar-refractivity contribution in [2.75, 3.05) is 19.8 Å². The second-order valence-corrected chi connectivity index (χ2v) is 8.47. The minimum atomic E-state index is -0.262. The standard InChI is InChI=1S/C27H31FN4O3/c1-2-35-15-7-14-31-24(18-29-13-12-20-10-6-11-22(28)16-20)26-23(17-25(31)33)30-32(27(26)34)19-21-8-4-3-5-9-21/h3-6,8-11,16-17,29-30H,2,7,12-15,18-19H2,1H3. The largest absolute Gasteiger partial charge is 0.382 e. The Balaban J connectivity index is 1.62. The van der Waals surface area contributed by atoms with Crippen molar-refractivity contribution in [2.24, 2.45) is 0 Å². The van der Waals surface area contributed by atoms with Crippen LogP contribution in [0.3, 0.4) is 0 Å². The predicted molar refractivity (Wildman–Crippen MR) is 135 cm³/mol. The first kappa shape index (κ1) is 24.6. The lowest BCUT2D eigenvalue weighted by Gasteiger charge is -2.14. The van der Waals surface area contributed by atoms with Crippen molar-refractivity contribution in [2.45, 2.75) is 39.4 Å². The number of benzene rings is 2. The van der Waals surface area contributed by atoms with Gasteiger partial charge in [-0.3, -0.25) is 14.7 Å². The summed E-state index contributed by atoms with van der Waals surface area (Å²) in [7, 11) is 0. The van der Waals surface area contributed by atoms with E-state index in [-0.39, 0.29) is 16.9 Å². The molecule has 8 heteroatoms. The molecule has 35 heavy (non-hydrogen) atoms. The number of fused-ring (bicyclic) bond motifs is 1. The Hall–Kier alpha value is -3.49. The Labute approximate surface area is 203 Å². The van der Waals surface area contributed by atoms with Gasteiger partial charge in [-0.15, -0.1) is 0 Å². The Morgan fingerprint density at radius 3 is 2.60 bits per heavy atom. The van der Waals surface area contributed by atoms with Crippen LogP contribution in [-0.2, 0) is 30.8 Å². The molecule has 2 N–H and O–H groups in total. The van der Waals surface area contributed by atoms with Crippen molar-refractivity contribution < 1.29 is 9.13 Å². The van der Waals surface area contributed by atoms with E-state index in [9.17, 15) is 14.0 Å². The average molecular weight is 479 g/mol. The number of aromatic amines is 1. The predicted octanol–water partition coefficient (Wildman–Crippen LogP) is 3.44. The van der Waals surface area contributed by atoms with E-state index in [1.807, 2.05) is 43.3 Å². The summed E-state index contributed by atoms with van der Waals surface area (Å²) in [6, 6.07) is 17.7. The van der Waals surface area contributed by atoms with Crippen LogP contribution in [0.25, 0.3) is 10.9 Å². The Morgan fingerprint density at radius 2 is 1.83 bits per heavy atom.